The largest absolute Gasteiger partial charge is 0.489 e. The van der Waals surface area contributed by atoms with Crippen LogP contribution in [0.2, 0.25) is 0 Å². The van der Waals surface area contributed by atoms with E-state index in [1.807, 2.05) is 12.1 Å². The number of nitrogens with zero attached hydrogens (tertiary/aromatic N) is 1. The Kier molecular flexibility index (Phi) is 4.25. The van der Waals surface area contributed by atoms with Crippen molar-refractivity contribution < 1.29 is 4.74 Å². The number of hydrogen-bond donors (Lipinski definition) is 0. The zero-order valence-corrected chi connectivity index (χ0v) is 11.2. The quantitative estimate of drug-likeness (QED) is 0.794. The van der Waals surface area contributed by atoms with Crippen molar-refractivity contribution in [3.63, 3.8) is 0 Å². The van der Waals surface area contributed by atoms with E-state index in [2.05, 4.69) is 32.0 Å². The molecule has 1 fully saturated rings. The molecule has 2 unspecified atom stereocenters. The molecule has 0 amide bonds. The third-order valence-electron chi connectivity index (χ3n) is 3.70. The maximum absolute atomic E-state index is 9.13. The molecule has 0 radical (unpaired) electrons. The first-order valence-corrected chi connectivity index (χ1v) is 6.87. The number of nitriles is 1. The van der Waals surface area contributed by atoms with Crippen LogP contribution in [0.5, 0.6) is 5.75 Å². The van der Waals surface area contributed by atoms with E-state index in [9.17, 15) is 0 Å². The highest BCUT2D eigenvalue weighted by Gasteiger charge is 2.26. The topological polar surface area (TPSA) is 33.0 Å². The molecule has 0 N–H and O–H groups in total. The first-order chi connectivity index (χ1) is 8.70. The van der Waals surface area contributed by atoms with Crippen LogP contribution in [0.1, 0.15) is 51.0 Å². The van der Waals surface area contributed by atoms with Crippen LogP contribution in [0.25, 0.3) is 0 Å². The Morgan fingerprint density at radius 1 is 1.17 bits per heavy atom. The van der Waals surface area contributed by atoms with Crippen molar-refractivity contribution >= 4 is 0 Å². The van der Waals surface area contributed by atoms with Crippen LogP contribution in [0.15, 0.2) is 24.3 Å². The average Bonchev–Trinajstić information content (AvgIpc) is 2.40. The standard InChI is InChI=1S/C16H21NO/c1-12(2)13-7-9-15(10-8-13)18-16-6-4-3-5-14(16)11-17/h7-10,12,14,16H,3-6H2,1-2H3. The van der Waals surface area contributed by atoms with Gasteiger partial charge in [-0.2, -0.15) is 5.26 Å². The molecule has 2 heteroatoms. The Balaban J connectivity index is 2.02. The zero-order chi connectivity index (χ0) is 13.0. The predicted octanol–water partition coefficient (Wildman–Crippen LogP) is 4.27. The van der Waals surface area contributed by atoms with Gasteiger partial charge in [-0.25, -0.2) is 0 Å². The second-order valence-corrected chi connectivity index (χ2v) is 5.40. The fourth-order valence-corrected chi connectivity index (χ4v) is 2.49. The van der Waals surface area contributed by atoms with E-state index in [-0.39, 0.29) is 12.0 Å². The summed E-state index contributed by atoms with van der Waals surface area (Å²) in [6.07, 6.45) is 4.39. The zero-order valence-electron chi connectivity index (χ0n) is 11.2. The molecule has 2 rings (SSSR count). The summed E-state index contributed by atoms with van der Waals surface area (Å²) >= 11 is 0. The SMILES string of the molecule is CC(C)c1ccc(OC2CCCCC2C#N)cc1. The normalized spacial score (nSPS) is 23.7. The molecule has 0 bridgehead atoms. The van der Waals surface area contributed by atoms with Crippen molar-refractivity contribution in [2.45, 2.75) is 51.6 Å². The average molecular weight is 243 g/mol. The van der Waals surface area contributed by atoms with Crippen LogP contribution in [0.3, 0.4) is 0 Å². The van der Waals surface area contributed by atoms with Crippen molar-refractivity contribution in [2.75, 3.05) is 0 Å². The highest BCUT2D eigenvalue weighted by Crippen LogP contribution is 2.28. The Morgan fingerprint density at radius 2 is 1.83 bits per heavy atom. The summed E-state index contributed by atoms with van der Waals surface area (Å²) in [6.45, 7) is 4.37. The molecule has 0 spiro atoms. The summed E-state index contributed by atoms with van der Waals surface area (Å²) in [6, 6.07) is 10.7. The maximum Gasteiger partial charge on any atom is 0.119 e. The first-order valence-electron chi connectivity index (χ1n) is 6.87. The maximum atomic E-state index is 9.13. The molecule has 0 aromatic heterocycles. The fraction of sp³-hybridized carbons (Fsp3) is 0.562. The Bertz CT molecular complexity index is 416. The Labute approximate surface area is 110 Å². The molecule has 0 heterocycles. The van der Waals surface area contributed by atoms with Crippen molar-refractivity contribution in [2.24, 2.45) is 5.92 Å². The first kappa shape index (κ1) is 13.0. The highest BCUT2D eigenvalue weighted by atomic mass is 16.5. The summed E-state index contributed by atoms with van der Waals surface area (Å²) in [5.74, 6) is 1.50. The Hall–Kier alpha value is -1.49. The lowest BCUT2D eigenvalue weighted by Crippen LogP contribution is -2.29. The molecule has 1 aliphatic carbocycles. The van der Waals surface area contributed by atoms with E-state index in [4.69, 9.17) is 10.00 Å². The van der Waals surface area contributed by atoms with E-state index < -0.39 is 0 Å². The summed E-state index contributed by atoms with van der Waals surface area (Å²) in [5.41, 5.74) is 1.32. The van der Waals surface area contributed by atoms with Crippen LogP contribution in [-0.4, -0.2) is 6.10 Å². The van der Waals surface area contributed by atoms with Gasteiger partial charge in [-0.05, 0) is 42.9 Å². The number of ether oxygens (including phenoxy) is 1. The third kappa shape index (κ3) is 3.04. The van der Waals surface area contributed by atoms with Gasteiger partial charge in [0.05, 0.1) is 12.0 Å². The molecule has 1 saturated carbocycles. The van der Waals surface area contributed by atoms with Crippen LogP contribution in [0.4, 0.5) is 0 Å². The minimum Gasteiger partial charge on any atom is -0.489 e. The van der Waals surface area contributed by atoms with Crippen molar-refractivity contribution in [3.8, 4) is 11.8 Å². The van der Waals surface area contributed by atoms with E-state index in [0.717, 1.165) is 25.0 Å². The molecular formula is C16H21NO. The molecule has 1 aromatic rings. The van der Waals surface area contributed by atoms with Crippen LogP contribution in [-0.2, 0) is 0 Å². The van der Waals surface area contributed by atoms with Gasteiger partial charge in [-0.3, -0.25) is 0 Å². The van der Waals surface area contributed by atoms with Gasteiger partial charge >= 0.3 is 0 Å². The minimum atomic E-state index is 0.0588. The fourth-order valence-electron chi connectivity index (χ4n) is 2.49. The van der Waals surface area contributed by atoms with E-state index in [1.54, 1.807) is 0 Å². The third-order valence-corrected chi connectivity index (χ3v) is 3.70. The molecule has 1 aromatic carbocycles. The smallest absolute Gasteiger partial charge is 0.119 e. The van der Waals surface area contributed by atoms with E-state index >= 15 is 0 Å². The lowest BCUT2D eigenvalue weighted by atomic mass is 9.87. The lowest BCUT2D eigenvalue weighted by molar-refractivity contribution is 0.120. The highest BCUT2D eigenvalue weighted by molar-refractivity contribution is 5.29. The monoisotopic (exact) mass is 243 g/mol. The van der Waals surface area contributed by atoms with Gasteiger partial charge in [-0.1, -0.05) is 32.4 Å². The van der Waals surface area contributed by atoms with Gasteiger partial charge < -0.3 is 4.74 Å². The molecule has 0 saturated heterocycles. The lowest BCUT2D eigenvalue weighted by Gasteiger charge is -2.27. The van der Waals surface area contributed by atoms with Crippen LogP contribution >= 0.6 is 0 Å². The number of benzene rings is 1. The molecule has 1 aliphatic rings. The van der Waals surface area contributed by atoms with E-state index in [0.29, 0.717) is 5.92 Å². The van der Waals surface area contributed by atoms with Gasteiger partial charge in [0, 0.05) is 0 Å². The number of rotatable bonds is 3. The van der Waals surface area contributed by atoms with Gasteiger partial charge in [0.25, 0.3) is 0 Å². The van der Waals surface area contributed by atoms with Crippen molar-refractivity contribution in [1.29, 1.82) is 5.26 Å². The van der Waals surface area contributed by atoms with Gasteiger partial charge in [0.2, 0.25) is 0 Å². The molecule has 18 heavy (non-hydrogen) atoms. The second-order valence-electron chi connectivity index (χ2n) is 5.40. The van der Waals surface area contributed by atoms with Gasteiger partial charge in [0.15, 0.2) is 0 Å². The molecule has 2 atom stereocenters. The van der Waals surface area contributed by atoms with Crippen LogP contribution < -0.4 is 4.74 Å². The summed E-state index contributed by atoms with van der Waals surface area (Å²) in [4.78, 5) is 0. The van der Waals surface area contributed by atoms with Crippen molar-refractivity contribution in [1.82, 2.24) is 0 Å². The molecular weight excluding hydrogens is 222 g/mol. The summed E-state index contributed by atoms with van der Waals surface area (Å²) in [5, 5.41) is 9.13. The minimum absolute atomic E-state index is 0.0588. The molecule has 2 nitrogen and oxygen atoms in total. The van der Waals surface area contributed by atoms with Crippen LogP contribution in [0, 0.1) is 17.2 Å². The molecule has 0 aliphatic heterocycles. The van der Waals surface area contributed by atoms with Crippen molar-refractivity contribution in [3.05, 3.63) is 29.8 Å². The Morgan fingerprint density at radius 3 is 2.44 bits per heavy atom. The van der Waals surface area contributed by atoms with Gasteiger partial charge in [0.1, 0.15) is 11.9 Å². The van der Waals surface area contributed by atoms with E-state index in [1.165, 1.54) is 12.0 Å². The predicted molar refractivity (Wildman–Crippen MR) is 72.5 cm³/mol. The summed E-state index contributed by atoms with van der Waals surface area (Å²) < 4.78 is 5.97. The van der Waals surface area contributed by atoms with Gasteiger partial charge in [-0.15, -0.1) is 0 Å². The summed E-state index contributed by atoms with van der Waals surface area (Å²) in [7, 11) is 0. The number of hydrogen-bond acceptors (Lipinski definition) is 2. The molecule has 96 valence electrons. The second kappa shape index (κ2) is 5.91.